The molecule has 0 aliphatic heterocycles. The van der Waals surface area contributed by atoms with Crippen molar-refractivity contribution in [3.8, 4) is 5.75 Å². The maximum absolute atomic E-state index is 5.84. The van der Waals surface area contributed by atoms with Gasteiger partial charge in [0.15, 0.2) is 0 Å². The molecule has 1 aromatic rings. The van der Waals surface area contributed by atoms with Crippen LogP contribution in [0.4, 0.5) is 0 Å². The quantitative estimate of drug-likeness (QED) is 0.766. The number of rotatable bonds is 8. The van der Waals surface area contributed by atoms with E-state index in [2.05, 4.69) is 26.1 Å². The van der Waals surface area contributed by atoms with Gasteiger partial charge in [-0.2, -0.15) is 0 Å². The molecule has 1 aromatic carbocycles. The van der Waals surface area contributed by atoms with Gasteiger partial charge in [-0.1, -0.05) is 32.4 Å². The highest BCUT2D eigenvalue weighted by Crippen LogP contribution is 2.16. The van der Waals surface area contributed by atoms with Gasteiger partial charge in [0.1, 0.15) is 12.4 Å². The minimum atomic E-state index is 0.424. The molecule has 0 amide bonds. The summed E-state index contributed by atoms with van der Waals surface area (Å²) in [5.74, 6) is 1.62. The summed E-state index contributed by atoms with van der Waals surface area (Å²) in [6.07, 6.45) is 2.38. The SMILES string of the molecule is CCNC(CCC(C)C)COc1ccc(Cl)cc1. The second-order valence-corrected chi connectivity index (χ2v) is 5.43. The van der Waals surface area contributed by atoms with E-state index in [1.807, 2.05) is 24.3 Å². The van der Waals surface area contributed by atoms with E-state index < -0.39 is 0 Å². The van der Waals surface area contributed by atoms with Gasteiger partial charge in [-0.25, -0.2) is 0 Å². The number of hydrogen-bond donors (Lipinski definition) is 1. The van der Waals surface area contributed by atoms with Gasteiger partial charge in [0.2, 0.25) is 0 Å². The predicted molar refractivity (Wildman–Crippen MR) is 78.5 cm³/mol. The van der Waals surface area contributed by atoms with Crippen LogP contribution >= 0.6 is 11.6 Å². The van der Waals surface area contributed by atoms with Crippen molar-refractivity contribution < 1.29 is 4.74 Å². The monoisotopic (exact) mass is 269 g/mol. The second kappa shape index (κ2) is 8.39. The van der Waals surface area contributed by atoms with E-state index >= 15 is 0 Å². The van der Waals surface area contributed by atoms with Crippen LogP contribution in [0.3, 0.4) is 0 Å². The average molecular weight is 270 g/mol. The van der Waals surface area contributed by atoms with Crippen molar-refractivity contribution in [2.45, 2.75) is 39.7 Å². The Labute approximate surface area is 116 Å². The molecule has 102 valence electrons. The molecule has 0 spiro atoms. The van der Waals surface area contributed by atoms with Crippen LogP contribution in [-0.4, -0.2) is 19.2 Å². The van der Waals surface area contributed by atoms with E-state index in [0.717, 1.165) is 29.7 Å². The standard InChI is InChI=1S/C15H24ClNO/c1-4-17-14(8-5-12(2)3)11-18-15-9-6-13(16)7-10-15/h6-7,9-10,12,14,17H,4-5,8,11H2,1-3H3. The predicted octanol–water partition coefficient (Wildman–Crippen LogP) is 4.13. The van der Waals surface area contributed by atoms with Crippen molar-refractivity contribution in [1.82, 2.24) is 5.32 Å². The first kappa shape index (κ1) is 15.3. The molecule has 0 saturated heterocycles. The largest absolute Gasteiger partial charge is 0.492 e. The van der Waals surface area contributed by atoms with Crippen LogP contribution in [0.15, 0.2) is 24.3 Å². The first-order chi connectivity index (χ1) is 8.61. The van der Waals surface area contributed by atoms with Crippen LogP contribution in [-0.2, 0) is 0 Å². The fraction of sp³-hybridized carbons (Fsp3) is 0.600. The molecule has 1 N–H and O–H groups in total. The van der Waals surface area contributed by atoms with E-state index in [0.29, 0.717) is 12.6 Å². The molecule has 0 heterocycles. The van der Waals surface area contributed by atoms with Gasteiger partial charge in [-0.15, -0.1) is 0 Å². The summed E-state index contributed by atoms with van der Waals surface area (Å²) in [4.78, 5) is 0. The zero-order chi connectivity index (χ0) is 13.4. The fourth-order valence-corrected chi connectivity index (χ4v) is 1.92. The van der Waals surface area contributed by atoms with Crippen LogP contribution in [0.1, 0.15) is 33.6 Å². The normalized spacial score (nSPS) is 12.7. The Kier molecular flexibility index (Phi) is 7.14. The highest BCUT2D eigenvalue weighted by atomic mass is 35.5. The first-order valence-corrected chi connectivity index (χ1v) is 7.11. The smallest absolute Gasteiger partial charge is 0.119 e. The summed E-state index contributed by atoms with van der Waals surface area (Å²) in [6, 6.07) is 7.95. The minimum Gasteiger partial charge on any atom is -0.492 e. The number of hydrogen-bond acceptors (Lipinski definition) is 2. The second-order valence-electron chi connectivity index (χ2n) is 4.99. The van der Waals surface area contributed by atoms with E-state index in [-0.39, 0.29) is 0 Å². The van der Waals surface area contributed by atoms with Gasteiger partial charge >= 0.3 is 0 Å². The lowest BCUT2D eigenvalue weighted by molar-refractivity contribution is 0.251. The lowest BCUT2D eigenvalue weighted by atomic mass is 10.0. The Morgan fingerprint density at radius 3 is 2.39 bits per heavy atom. The number of halogens is 1. The zero-order valence-corrected chi connectivity index (χ0v) is 12.3. The third kappa shape index (κ3) is 6.27. The molecule has 1 rings (SSSR count). The van der Waals surface area contributed by atoms with Gasteiger partial charge < -0.3 is 10.1 Å². The van der Waals surface area contributed by atoms with Gasteiger partial charge in [-0.3, -0.25) is 0 Å². The number of likely N-dealkylation sites (N-methyl/N-ethyl adjacent to an activating group) is 1. The van der Waals surface area contributed by atoms with Gasteiger partial charge in [0.25, 0.3) is 0 Å². The molecule has 0 aliphatic rings. The molecule has 0 aromatic heterocycles. The highest BCUT2D eigenvalue weighted by molar-refractivity contribution is 6.30. The molecule has 1 unspecified atom stereocenters. The van der Waals surface area contributed by atoms with E-state index in [4.69, 9.17) is 16.3 Å². The summed E-state index contributed by atoms with van der Waals surface area (Å²) in [7, 11) is 0. The summed E-state index contributed by atoms with van der Waals surface area (Å²) >= 11 is 5.84. The molecule has 0 bridgehead atoms. The molecule has 3 heteroatoms. The Morgan fingerprint density at radius 1 is 1.17 bits per heavy atom. The van der Waals surface area contributed by atoms with E-state index in [9.17, 15) is 0 Å². The van der Waals surface area contributed by atoms with Gasteiger partial charge in [-0.05, 0) is 49.6 Å². The van der Waals surface area contributed by atoms with Crippen LogP contribution in [0.2, 0.25) is 5.02 Å². The molecule has 0 aliphatic carbocycles. The van der Waals surface area contributed by atoms with Crippen molar-refractivity contribution in [2.24, 2.45) is 5.92 Å². The van der Waals surface area contributed by atoms with Gasteiger partial charge in [0.05, 0.1) is 0 Å². The third-order valence-corrected chi connectivity index (χ3v) is 3.10. The maximum Gasteiger partial charge on any atom is 0.119 e. The summed E-state index contributed by atoms with van der Waals surface area (Å²) < 4.78 is 5.79. The van der Waals surface area contributed by atoms with E-state index in [1.54, 1.807) is 0 Å². The molecular weight excluding hydrogens is 246 g/mol. The summed E-state index contributed by atoms with van der Waals surface area (Å²) in [5.41, 5.74) is 0. The maximum atomic E-state index is 5.84. The Bertz CT molecular complexity index is 324. The van der Waals surface area contributed by atoms with Gasteiger partial charge in [0, 0.05) is 11.1 Å². The molecule has 0 saturated carbocycles. The zero-order valence-electron chi connectivity index (χ0n) is 11.6. The van der Waals surface area contributed by atoms with Crippen LogP contribution in [0, 0.1) is 5.92 Å². The number of ether oxygens (including phenoxy) is 1. The van der Waals surface area contributed by atoms with E-state index in [1.165, 1.54) is 6.42 Å². The number of benzene rings is 1. The highest BCUT2D eigenvalue weighted by Gasteiger charge is 2.09. The molecule has 0 fully saturated rings. The topological polar surface area (TPSA) is 21.3 Å². The van der Waals surface area contributed by atoms with Crippen molar-refractivity contribution >= 4 is 11.6 Å². The summed E-state index contributed by atoms with van der Waals surface area (Å²) in [6.45, 7) is 8.33. The summed E-state index contributed by atoms with van der Waals surface area (Å²) in [5, 5.41) is 4.21. The van der Waals surface area contributed by atoms with Crippen molar-refractivity contribution in [1.29, 1.82) is 0 Å². The van der Waals surface area contributed by atoms with Crippen LogP contribution in [0.25, 0.3) is 0 Å². The Morgan fingerprint density at radius 2 is 1.83 bits per heavy atom. The van der Waals surface area contributed by atoms with Crippen LogP contribution in [0.5, 0.6) is 5.75 Å². The lowest BCUT2D eigenvalue weighted by Gasteiger charge is -2.19. The Balaban J connectivity index is 2.38. The minimum absolute atomic E-state index is 0.424. The molecule has 0 radical (unpaired) electrons. The third-order valence-electron chi connectivity index (χ3n) is 2.85. The van der Waals surface area contributed by atoms with Crippen LogP contribution < -0.4 is 10.1 Å². The average Bonchev–Trinajstić information content (AvgIpc) is 2.34. The van der Waals surface area contributed by atoms with Crippen molar-refractivity contribution in [2.75, 3.05) is 13.2 Å². The molecule has 18 heavy (non-hydrogen) atoms. The molecule has 1 atom stereocenters. The molecule has 2 nitrogen and oxygen atoms in total. The van der Waals surface area contributed by atoms with Crippen molar-refractivity contribution in [3.63, 3.8) is 0 Å². The van der Waals surface area contributed by atoms with Crippen molar-refractivity contribution in [3.05, 3.63) is 29.3 Å². The first-order valence-electron chi connectivity index (χ1n) is 6.73. The Hall–Kier alpha value is -0.730. The molecular formula is C15H24ClNO. The number of nitrogens with one attached hydrogen (secondary N) is 1. The lowest BCUT2D eigenvalue weighted by Crippen LogP contribution is -2.34. The fourth-order valence-electron chi connectivity index (χ4n) is 1.80.